The molecule has 0 bridgehead atoms. The lowest BCUT2D eigenvalue weighted by atomic mass is 10.0. The molecule has 0 unspecified atom stereocenters. The zero-order valence-corrected chi connectivity index (χ0v) is 10.0. The van der Waals surface area contributed by atoms with Crippen LogP contribution in [0.25, 0.3) is 11.3 Å². The van der Waals surface area contributed by atoms with Gasteiger partial charge in [-0.05, 0) is 17.5 Å². The molecule has 0 N–H and O–H groups in total. The van der Waals surface area contributed by atoms with Crippen molar-refractivity contribution >= 4 is 0 Å². The van der Waals surface area contributed by atoms with Crippen LogP contribution in [-0.4, -0.2) is 4.98 Å². The average Bonchev–Trinajstić information content (AvgIpc) is 2.77. The third kappa shape index (κ3) is 2.16. The monoisotopic (exact) mass is 215 g/mol. The Morgan fingerprint density at radius 1 is 1.31 bits per heavy atom. The maximum Gasteiger partial charge on any atom is 0.194 e. The Labute approximate surface area is 96.3 Å². The number of aromatic nitrogens is 1. The molecule has 1 aromatic heterocycles. The van der Waals surface area contributed by atoms with Gasteiger partial charge >= 0.3 is 0 Å². The molecule has 2 aromatic rings. The maximum atomic E-state index is 5.64. The molecule has 0 saturated heterocycles. The maximum absolute atomic E-state index is 5.64. The van der Waals surface area contributed by atoms with Gasteiger partial charge in [-0.2, -0.15) is 0 Å². The summed E-state index contributed by atoms with van der Waals surface area (Å²) in [6.07, 6.45) is 2.64. The Hall–Kier alpha value is -1.57. The van der Waals surface area contributed by atoms with Crippen LogP contribution in [0.3, 0.4) is 0 Å². The first kappa shape index (κ1) is 10.9. The van der Waals surface area contributed by atoms with E-state index in [-0.39, 0.29) is 0 Å². The highest BCUT2D eigenvalue weighted by Crippen LogP contribution is 2.24. The summed E-state index contributed by atoms with van der Waals surface area (Å²) in [6, 6.07) is 8.44. The molecule has 1 heterocycles. The quantitative estimate of drug-likeness (QED) is 0.772. The SMILES string of the molecule is CCc1ncc(-c2cccc(C(C)C)c2)o1. The van der Waals surface area contributed by atoms with Crippen LogP contribution in [0.4, 0.5) is 0 Å². The molecule has 0 aliphatic carbocycles. The summed E-state index contributed by atoms with van der Waals surface area (Å²) >= 11 is 0. The third-order valence-electron chi connectivity index (χ3n) is 2.69. The summed E-state index contributed by atoms with van der Waals surface area (Å²) in [4.78, 5) is 4.22. The standard InChI is InChI=1S/C14H17NO/c1-4-14-15-9-13(16-14)12-7-5-6-11(8-12)10(2)3/h5-10H,4H2,1-3H3. The van der Waals surface area contributed by atoms with Crippen molar-refractivity contribution in [1.29, 1.82) is 0 Å². The van der Waals surface area contributed by atoms with Gasteiger partial charge in [-0.15, -0.1) is 0 Å². The summed E-state index contributed by atoms with van der Waals surface area (Å²) in [6.45, 7) is 6.42. The highest BCUT2D eigenvalue weighted by Gasteiger charge is 2.06. The number of aryl methyl sites for hydroxylation is 1. The second kappa shape index (κ2) is 4.52. The van der Waals surface area contributed by atoms with Crippen molar-refractivity contribution in [2.24, 2.45) is 0 Å². The Kier molecular flexibility index (Phi) is 3.09. The summed E-state index contributed by atoms with van der Waals surface area (Å²) < 4.78 is 5.64. The molecule has 0 amide bonds. The van der Waals surface area contributed by atoms with Crippen LogP contribution in [-0.2, 0) is 6.42 Å². The van der Waals surface area contributed by atoms with E-state index in [9.17, 15) is 0 Å². The number of rotatable bonds is 3. The molecule has 0 atom stereocenters. The van der Waals surface area contributed by atoms with Gasteiger partial charge in [0.2, 0.25) is 0 Å². The molecule has 2 rings (SSSR count). The fourth-order valence-electron chi connectivity index (χ4n) is 1.66. The van der Waals surface area contributed by atoms with E-state index in [0.29, 0.717) is 5.92 Å². The summed E-state index contributed by atoms with van der Waals surface area (Å²) in [5.41, 5.74) is 2.44. The molecule has 0 radical (unpaired) electrons. The average molecular weight is 215 g/mol. The molecule has 16 heavy (non-hydrogen) atoms. The molecule has 0 fully saturated rings. The predicted octanol–water partition coefficient (Wildman–Crippen LogP) is 4.03. The molecular formula is C14H17NO. The van der Waals surface area contributed by atoms with Gasteiger partial charge in [0.25, 0.3) is 0 Å². The van der Waals surface area contributed by atoms with Crippen LogP contribution in [0.2, 0.25) is 0 Å². The van der Waals surface area contributed by atoms with Crippen molar-refractivity contribution in [3.05, 3.63) is 41.9 Å². The molecule has 2 heteroatoms. The van der Waals surface area contributed by atoms with E-state index < -0.39 is 0 Å². The number of hydrogen-bond donors (Lipinski definition) is 0. The Bertz CT molecular complexity index is 471. The van der Waals surface area contributed by atoms with Crippen LogP contribution in [0, 0.1) is 0 Å². The first-order valence-corrected chi connectivity index (χ1v) is 5.75. The number of oxazole rings is 1. The summed E-state index contributed by atoms with van der Waals surface area (Å²) in [7, 11) is 0. The van der Waals surface area contributed by atoms with Gasteiger partial charge in [0.1, 0.15) is 0 Å². The molecular weight excluding hydrogens is 198 g/mol. The van der Waals surface area contributed by atoms with Crippen molar-refractivity contribution < 1.29 is 4.42 Å². The van der Waals surface area contributed by atoms with Crippen molar-refractivity contribution in [2.75, 3.05) is 0 Å². The lowest BCUT2D eigenvalue weighted by Gasteiger charge is -2.06. The van der Waals surface area contributed by atoms with Crippen molar-refractivity contribution in [3.8, 4) is 11.3 Å². The van der Waals surface area contributed by atoms with Gasteiger partial charge in [0.05, 0.1) is 6.20 Å². The minimum atomic E-state index is 0.536. The predicted molar refractivity (Wildman–Crippen MR) is 65.4 cm³/mol. The largest absolute Gasteiger partial charge is 0.441 e. The number of hydrogen-bond acceptors (Lipinski definition) is 2. The summed E-state index contributed by atoms with van der Waals surface area (Å²) in [5, 5.41) is 0. The molecule has 84 valence electrons. The van der Waals surface area contributed by atoms with E-state index in [1.165, 1.54) is 5.56 Å². The lowest BCUT2D eigenvalue weighted by Crippen LogP contribution is -1.86. The zero-order chi connectivity index (χ0) is 11.5. The van der Waals surface area contributed by atoms with Crippen LogP contribution in [0.5, 0.6) is 0 Å². The highest BCUT2D eigenvalue weighted by molar-refractivity contribution is 5.57. The van der Waals surface area contributed by atoms with Crippen molar-refractivity contribution in [2.45, 2.75) is 33.1 Å². The van der Waals surface area contributed by atoms with Gasteiger partial charge in [-0.25, -0.2) is 4.98 Å². The van der Waals surface area contributed by atoms with Crippen LogP contribution >= 0.6 is 0 Å². The van der Waals surface area contributed by atoms with E-state index in [0.717, 1.165) is 23.6 Å². The Morgan fingerprint density at radius 2 is 2.12 bits per heavy atom. The van der Waals surface area contributed by atoms with Gasteiger partial charge in [-0.3, -0.25) is 0 Å². The van der Waals surface area contributed by atoms with E-state index >= 15 is 0 Å². The molecule has 0 spiro atoms. The van der Waals surface area contributed by atoms with Crippen LogP contribution in [0.15, 0.2) is 34.9 Å². The molecule has 0 saturated carbocycles. The van der Waals surface area contributed by atoms with Crippen LogP contribution in [0.1, 0.15) is 38.1 Å². The van der Waals surface area contributed by atoms with Crippen LogP contribution < -0.4 is 0 Å². The van der Waals surface area contributed by atoms with Crippen molar-refractivity contribution in [3.63, 3.8) is 0 Å². The van der Waals surface area contributed by atoms with E-state index in [4.69, 9.17) is 4.42 Å². The number of benzene rings is 1. The first-order chi connectivity index (χ1) is 7.70. The second-order valence-corrected chi connectivity index (χ2v) is 4.25. The van der Waals surface area contributed by atoms with Gasteiger partial charge in [-0.1, -0.05) is 39.0 Å². The zero-order valence-electron chi connectivity index (χ0n) is 10.0. The second-order valence-electron chi connectivity index (χ2n) is 4.25. The van der Waals surface area contributed by atoms with Gasteiger partial charge in [0.15, 0.2) is 11.7 Å². The summed E-state index contributed by atoms with van der Waals surface area (Å²) in [5.74, 6) is 2.19. The Balaban J connectivity index is 2.36. The lowest BCUT2D eigenvalue weighted by molar-refractivity contribution is 0.514. The van der Waals surface area contributed by atoms with Gasteiger partial charge in [0, 0.05) is 12.0 Å². The normalized spacial score (nSPS) is 11.0. The fourth-order valence-corrected chi connectivity index (χ4v) is 1.66. The van der Waals surface area contributed by atoms with Gasteiger partial charge < -0.3 is 4.42 Å². The smallest absolute Gasteiger partial charge is 0.194 e. The van der Waals surface area contributed by atoms with E-state index in [1.54, 1.807) is 6.20 Å². The highest BCUT2D eigenvalue weighted by atomic mass is 16.4. The number of nitrogens with zero attached hydrogens (tertiary/aromatic N) is 1. The topological polar surface area (TPSA) is 26.0 Å². The molecule has 0 aliphatic heterocycles. The molecule has 1 aromatic carbocycles. The fraction of sp³-hybridized carbons (Fsp3) is 0.357. The molecule has 0 aliphatic rings. The van der Waals surface area contributed by atoms with Crippen molar-refractivity contribution in [1.82, 2.24) is 4.98 Å². The van der Waals surface area contributed by atoms with E-state index in [1.807, 2.05) is 6.92 Å². The third-order valence-corrected chi connectivity index (χ3v) is 2.69. The minimum Gasteiger partial charge on any atom is -0.441 e. The molecule has 2 nitrogen and oxygen atoms in total. The minimum absolute atomic E-state index is 0.536. The Morgan fingerprint density at radius 3 is 2.75 bits per heavy atom. The first-order valence-electron chi connectivity index (χ1n) is 5.75. The van der Waals surface area contributed by atoms with E-state index in [2.05, 4.69) is 43.1 Å².